The molecule has 106 valence electrons. The lowest BCUT2D eigenvalue weighted by Gasteiger charge is -2.41. The SMILES string of the molecule is O=C(O)[C@]1(O)O[C@@H](C(O)[C@H](O)CO)C[C@@H](O)[C@H]1F. The standard InChI is InChI=1S/C9H15FO8/c10-7-3(12)1-5(6(14)4(13)2-11)18-9(7,17)8(15)16/h3-7,11-14,17H,1-2H2,(H,15,16)/t3-,4-,5-,6?,7-,9-/m1/s1. The number of ether oxygens (including phenoxy) is 1. The lowest BCUT2D eigenvalue weighted by atomic mass is 9.92. The maximum Gasteiger partial charge on any atom is 0.367 e. The van der Waals surface area contributed by atoms with Gasteiger partial charge >= 0.3 is 11.8 Å². The van der Waals surface area contributed by atoms with Crippen molar-refractivity contribution in [1.82, 2.24) is 0 Å². The predicted octanol–water partition coefficient (Wildman–Crippen LogP) is -3.04. The van der Waals surface area contributed by atoms with Crippen LogP contribution in [0.15, 0.2) is 0 Å². The van der Waals surface area contributed by atoms with E-state index in [0.717, 1.165) is 0 Å². The Morgan fingerprint density at radius 3 is 2.50 bits per heavy atom. The summed E-state index contributed by atoms with van der Waals surface area (Å²) < 4.78 is 17.9. The monoisotopic (exact) mass is 270 g/mol. The molecule has 0 aromatic rings. The van der Waals surface area contributed by atoms with Crippen LogP contribution in [-0.4, -0.2) is 79.6 Å². The molecule has 8 nitrogen and oxygen atoms in total. The summed E-state index contributed by atoms with van der Waals surface area (Å²) in [6, 6.07) is 0. The minimum Gasteiger partial charge on any atom is -0.477 e. The number of hydrogen-bond acceptors (Lipinski definition) is 7. The summed E-state index contributed by atoms with van der Waals surface area (Å²) in [4.78, 5) is 10.7. The van der Waals surface area contributed by atoms with E-state index < -0.39 is 55.4 Å². The molecule has 0 aliphatic carbocycles. The van der Waals surface area contributed by atoms with Crippen LogP contribution in [0, 0.1) is 0 Å². The molecule has 1 aliphatic heterocycles. The van der Waals surface area contributed by atoms with Gasteiger partial charge in [-0.2, -0.15) is 0 Å². The van der Waals surface area contributed by atoms with Crippen molar-refractivity contribution < 1.29 is 44.6 Å². The zero-order valence-electron chi connectivity index (χ0n) is 9.18. The summed E-state index contributed by atoms with van der Waals surface area (Å²) in [5.41, 5.74) is 0. The molecule has 1 fully saturated rings. The number of carboxylic acids is 1. The van der Waals surface area contributed by atoms with E-state index in [4.69, 9.17) is 15.3 Å². The van der Waals surface area contributed by atoms with Crippen molar-refractivity contribution in [3.8, 4) is 0 Å². The number of aliphatic carboxylic acids is 1. The van der Waals surface area contributed by atoms with Crippen LogP contribution >= 0.6 is 0 Å². The van der Waals surface area contributed by atoms with Crippen LogP contribution < -0.4 is 0 Å². The normalized spacial score (nSPS) is 40.2. The number of hydrogen-bond donors (Lipinski definition) is 6. The van der Waals surface area contributed by atoms with Crippen molar-refractivity contribution in [2.45, 2.75) is 42.8 Å². The molecule has 18 heavy (non-hydrogen) atoms. The van der Waals surface area contributed by atoms with Gasteiger partial charge in [0.1, 0.15) is 12.2 Å². The van der Waals surface area contributed by atoms with Crippen molar-refractivity contribution in [2.75, 3.05) is 6.61 Å². The topological polar surface area (TPSA) is 148 Å². The van der Waals surface area contributed by atoms with E-state index in [2.05, 4.69) is 4.74 Å². The predicted molar refractivity (Wildman–Crippen MR) is 52.1 cm³/mol. The summed E-state index contributed by atoms with van der Waals surface area (Å²) in [6.07, 6.45) is -9.99. The second kappa shape index (κ2) is 5.43. The Morgan fingerprint density at radius 1 is 1.50 bits per heavy atom. The second-order valence-electron chi connectivity index (χ2n) is 4.10. The average Bonchev–Trinajstić information content (AvgIpc) is 2.33. The summed E-state index contributed by atoms with van der Waals surface area (Å²) >= 11 is 0. The molecule has 1 aliphatic rings. The van der Waals surface area contributed by atoms with Gasteiger partial charge in [-0.25, -0.2) is 9.18 Å². The van der Waals surface area contributed by atoms with Gasteiger partial charge in [0, 0.05) is 6.42 Å². The number of halogens is 1. The molecule has 1 heterocycles. The average molecular weight is 270 g/mol. The van der Waals surface area contributed by atoms with Crippen LogP contribution in [0.5, 0.6) is 0 Å². The lowest BCUT2D eigenvalue weighted by Crippen LogP contribution is -2.63. The van der Waals surface area contributed by atoms with E-state index in [9.17, 15) is 24.5 Å². The zero-order valence-corrected chi connectivity index (χ0v) is 9.18. The largest absolute Gasteiger partial charge is 0.477 e. The van der Waals surface area contributed by atoms with Gasteiger partial charge < -0.3 is 35.4 Å². The van der Waals surface area contributed by atoms with Crippen molar-refractivity contribution in [2.24, 2.45) is 0 Å². The number of aliphatic hydroxyl groups is 5. The van der Waals surface area contributed by atoms with Gasteiger partial charge in [-0.1, -0.05) is 0 Å². The zero-order chi connectivity index (χ0) is 14.1. The molecule has 0 aromatic heterocycles. The molecule has 0 bridgehead atoms. The second-order valence-corrected chi connectivity index (χ2v) is 4.10. The van der Waals surface area contributed by atoms with E-state index in [-0.39, 0.29) is 0 Å². The van der Waals surface area contributed by atoms with Crippen molar-refractivity contribution in [1.29, 1.82) is 0 Å². The smallest absolute Gasteiger partial charge is 0.367 e. The quantitative estimate of drug-likeness (QED) is 0.316. The van der Waals surface area contributed by atoms with Crippen LogP contribution in [0.2, 0.25) is 0 Å². The van der Waals surface area contributed by atoms with E-state index in [1.807, 2.05) is 0 Å². The fourth-order valence-corrected chi connectivity index (χ4v) is 1.70. The Bertz CT molecular complexity index is 313. The first kappa shape index (κ1) is 15.2. The third-order valence-electron chi connectivity index (χ3n) is 2.79. The van der Waals surface area contributed by atoms with Gasteiger partial charge in [0.2, 0.25) is 0 Å². The molecule has 9 heteroatoms. The number of carboxylic acid groups (broad SMARTS) is 1. The van der Waals surface area contributed by atoms with Crippen LogP contribution in [0.25, 0.3) is 0 Å². The highest BCUT2D eigenvalue weighted by atomic mass is 19.1. The van der Waals surface area contributed by atoms with Gasteiger partial charge in [0.05, 0.1) is 18.8 Å². The first-order chi connectivity index (χ1) is 8.24. The maximum atomic E-state index is 13.4. The van der Waals surface area contributed by atoms with Gasteiger partial charge in [-0.05, 0) is 0 Å². The van der Waals surface area contributed by atoms with E-state index in [0.29, 0.717) is 0 Å². The molecule has 6 N–H and O–H groups in total. The number of alkyl halides is 1. The molecule has 0 aromatic carbocycles. The molecule has 1 saturated heterocycles. The van der Waals surface area contributed by atoms with Gasteiger partial charge in [0.25, 0.3) is 0 Å². The number of aliphatic hydroxyl groups excluding tert-OH is 4. The maximum absolute atomic E-state index is 13.4. The molecule has 1 rings (SSSR count). The first-order valence-corrected chi connectivity index (χ1v) is 5.16. The van der Waals surface area contributed by atoms with Crippen LogP contribution in [0.4, 0.5) is 4.39 Å². The molecular formula is C9H15FO8. The molecular weight excluding hydrogens is 255 g/mol. The number of rotatable bonds is 4. The van der Waals surface area contributed by atoms with Crippen molar-refractivity contribution in [3.05, 3.63) is 0 Å². The first-order valence-electron chi connectivity index (χ1n) is 5.16. The fourth-order valence-electron chi connectivity index (χ4n) is 1.70. The highest BCUT2D eigenvalue weighted by Gasteiger charge is 2.57. The van der Waals surface area contributed by atoms with Gasteiger partial charge in [-0.15, -0.1) is 0 Å². The molecule has 0 spiro atoms. The number of carbonyl (C=O) groups is 1. The summed E-state index contributed by atoms with van der Waals surface area (Å²) in [5, 5.41) is 54.7. The molecule has 0 amide bonds. The third-order valence-corrected chi connectivity index (χ3v) is 2.79. The Kier molecular flexibility index (Phi) is 4.59. The Labute approximate surface area is 101 Å². The van der Waals surface area contributed by atoms with Crippen molar-refractivity contribution >= 4 is 5.97 Å². The molecule has 0 saturated carbocycles. The highest BCUT2D eigenvalue weighted by Crippen LogP contribution is 2.32. The summed E-state index contributed by atoms with van der Waals surface area (Å²) in [7, 11) is 0. The van der Waals surface area contributed by atoms with E-state index >= 15 is 0 Å². The fraction of sp³-hybridized carbons (Fsp3) is 0.889. The molecule has 0 radical (unpaired) electrons. The highest BCUT2D eigenvalue weighted by molar-refractivity contribution is 5.76. The Morgan fingerprint density at radius 2 is 2.06 bits per heavy atom. The van der Waals surface area contributed by atoms with Crippen LogP contribution in [0.3, 0.4) is 0 Å². The molecule has 6 atom stereocenters. The third kappa shape index (κ3) is 2.60. The van der Waals surface area contributed by atoms with E-state index in [1.165, 1.54) is 0 Å². The minimum atomic E-state index is -3.31. The van der Waals surface area contributed by atoms with Crippen LogP contribution in [-0.2, 0) is 9.53 Å². The van der Waals surface area contributed by atoms with Gasteiger partial charge in [0.15, 0.2) is 6.17 Å². The lowest BCUT2D eigenvalue weighted by molar-refractivity contribution is -0.313. The van der Waals surface area contributed by atoms with Gasteiger partial charge in [-0.3, -0.25) is 0 Å². The Balaban J connectivity index is 2.90. The summed E-state index contributed by atoms with van der Waals surface area (Å²) in [5.74, 6) is -5.37. The van der Waals surface area contributed by atoms with Crippen molar-refractivity contribution in [3.63, 3.8) is 0 Å². The summed E-state index contributed by atoms with van der Waals surface area (Å²) in [6.45, 7) is -0.846. The van der Waals surface area contributed by atoms with Crippen LogP contribution in [0.1, 0.15) is 6.42 Å². The molecule has 1 unspecified atom stereocenters. The Hall–Kier alpha value is -0.840. The minimum absolute atomic E-state index is 0.533. The van der Waals surface area contributed by atoms with E-state index in [1.54, 1.807) is 0 Å².